The minimum Gasteiger partial charge on any atom is -0.497 e. The van der Waals surface area contributed by atoms with Crippen molar-refractivity contribution < 1.29 is 23.6 Å². The van der Waals surface area contributed by atoms with Crippen LogP contribution in [-0.4, -0.2) is 49.7 Å². The molecule has 1 aromatic heterocycles. The van der Waals surface area contributed by atoms with Gasteiger partial charge in [0.2, 0.25) is 11.8 Å². The molecule has 26 heavy (non-hydrogen) atoms. The Kier molecular flexibility index (Phi) is 6.60. The molecule has 0 saturated heterocycles. The van der Waals surface area contributed by atoms with E-state index < -0.39 is 0 Å². The van der Waals surface area contributed by atoms with Gasteiger partial charge in [-0.05, 0) is 31.0 Å². The number of aromatic nitrogens is 1. The molecule has 8 nitrogen and oxygen atoms in total. The number of benzene rings is 1. The molecule has 1 N–H and O–H groups in total. The lowest BCUT2D eigenvalue weighted by molar-refractivity contribution is -0.133. The Morgan fingerprint density at radius 1 is 1.15 bits per heavy atom. The molecule has 0 atom stereocenters. The Labute approximate surface area is 152 Å². The molecule has 0 saturated carbocycles. The molecule has 0 aliphatic carbocycles. The van der Waals surface area contributed by atoms with Crippen molar-refractivity contribution in [2.75, 3.05) is 33.1 Å². The van der Waals surface area contributed by atoms with Crippen molar-refractivity contribution in [1.82, 2.24) is 10.1 Å². The lowest BCUT2D eigenvalue weighted by Crippen LogP contribution is -2.35. The molecule has 2 amide bonds. The number of hydrogen-bond donors (Lipinski definition) is 1. The van der Waals surface area contributed by atoms with Gasteiger partial charge in [-0.2, -0.15) is 0 Å². The zero-order chi connectivity index (χ0) is 19.1. The summed E-state index contributed by atoms with van der Waals surface area (Å²) >= 11 is 0. The summed E-state index contributed by atoms with van der Waals surface area (Å²) in [5.74, 6) is 1.79. The van der Waals surface area contributed by atoms with Crippen molar-refractivity contribution in [2.24, 2.45) is 0 Å². The first-order valence-electron chi connectivity index (χ1n) is 8.10. The second-order valence-corrected chi connectivity index (χ2v) is 5.84. The standard InChI is InChI=1S/C18H23N3O5/c1-12-7-16(20-26-12)19-17(22)11-21(2)18(23)6-5-13-8-14(24-3)10-15(9-13)25-4/h7-10H,5-6,11H2,1-4H3,(H,19,20,22). The normalized spacial score (nSPS) is 10.3. The Hall–Kier alpha value is -3.03. The molecule has 0 unspecified atom stereocenters. The number of carbonyl (C=O) groups is 2. The molecule has 1 aromatic carbocycles. The summed E-state index contributed by atoms with van der Waals surface area (Å²) in [6.07, 6.45) is 0.782. The summed E-state index contributed by atoms with van der Waals surface area (Å²) in [5.41, 5.74) is 0.922. The maximum Gasteiger partial charge on any atom is 0.245 e. The predicted octanol–water partition coefficient (Wildman–Crippen LogP) is 2.03. The molecule has 0 fully saturated rings. The van der Waals surface area contributed by atoms with Crippen LogP contribution in [0, 0.1) is 6.92 Å². The van der Waals surface area contributed by atoms with Gasteiger partial charge in [-0.3, -0.25) is 9.59 Å². The molecule has 2 rings (SSSR count). The van der Waals surface area contributed by atoms with Gasteiger partial charge in [0.05, 0.1) is 20.8 Å². The summed E-state index contributed by atoms with van der Waals surface area (Å²) < 4.78 is 15.3. The fraction of sp³-hybridized carbons (Fsp3) is 0.389. The molecule has 0 radical (unpaired) electrons. The van der Waals surface area contributed by atoms with Crippen molar-refractivity contribution in [1.29, 1.82) is 0 Å². The minimum absolute atomic E-state index is 0.0633. The van der Waals surface area contributed by atoms with Gasteiger partial charge in [0.15, 0.2) is 5.82 Å². The summed E-state index contributed by atoms with van der Waals surface area (Å²) in [7, 11) is 4.74. The van der Waals surface area contributed by atoms with Crippen LogP contribution in [0.25, 0.3) is 0 Å². The number of aryl methyl sites for hydroxylation is 2. The molecular weight excluding hydrogens is 338 g/mol. The average molecular weight is 361 g/mol. The molecule has 1 heterocycles. The quantitative estimate of drug-likeness (QED) is 0.773. The van der Waals surface area contributed by atoms with Crippen molar-refractivity contribution in [3.05, 3.63) is 35.6 Å². The third kappa shape index (κ3) is 5.51. The van der Waals surface area contributed by atoms with E-state index in [1.54, 1.807) is 40.3 Å². The van der Waals surface area contributed by atoms with Gasteiger partial charge >= 0.3 is 0 Å². The lowest BCUT2D eigenvalue weighted by atomic mass is 10.1. The van der Waals surface area contributed by atoms with Crippen LogP contribution >= 0.6 is 0 Å². The second-order valence-electron chi connectivity index (χ2n) is 5.84. The van der Waals surface area contributed by atoms with Crippen LogP contribution in [0.3, 0.4) is 0 Å². The third-order valence-electron chi connectivity index (χ3n) is 3.74. The highest BCUT2D eigenvalue weighted by Gasteiger charge is 2.14. The predicted molar refractivity (Wildman–Crippen MR) is 95.4 cm³/mol. The Balaban J connectivity index is 1.85. The van der Waals surface area contributed by atoms with Crippen LogP contribution in [0.4, 0.5) is 5.82 Å². The Morgan fingerprint density at radius 2 is 1.81 bits per heavy atom. The first-order chi connectivity index (χ1) is 12.4. The number of rotatable bonds is 8. The number of amides is 2. The summed E-state index contributed by atoms with van der Waals surface area (Å²) in [6, 6.07) is 7.09. The first kappa shape index (κ1) is 19.3. The van der Waals surface area contributed by atoms with Crippen LogP contribution in [0.1, 0.15) is 17.7 Å². The van der Waals surface area contributed by atoms with Crippen molar-refractivity contribution in [2.45, 2.75) is 19.8 Å². The van der Waals surface area contributed by atoms with Gasteiger partial charge in [0, 0.05) is 25.6 Å². The molecule has 2 aromatic rings. The zero-order valence-corrected chi connectivity index (χ0v) is 15.4. The number of hydrogen-bond acceptors (Lipinski definition) is 6. The second kappa shape index (κ2) is 8.89. The summed E-state index contributed by atoms with van der Waals surface area (Å²) in [5, 5.41) is 6.26. The summed E-state index contributed by atoms with van der Waals surface area (Å²) in [6.45, 7) is 1.66. The average Bonchev–Trinajstić information content (AvgIpc) is 3.03. The van der Waals surface area contributed by atoms with Gasteiger partial charge < -0.3 is 24.2 Å². The van der Waals surface area contributed by atoms with E-state index in [2.05, 4.69) is 10.5 Å². The smallest absolute Gasteiger partial charge is 0.245 e. The van der Waals surface area contributed by atoms with E-state index in [4.69, 9.17) is 14.0 Å². The Morgan fingerprint density at radius 3 is 2.35 bits per heavy atom. The topological polar surface area (TPSA) is 93.9 Å². The fourth-order valence-electron chi connectivity index (χ4n) is 2.36. The largest absolute Gasteiger partial charge is 0.497 e. The maximum absolute atomic E-state index is 12.3. The molecule has 0 spiro atoms. The molecular formula is C18H23N3O5. The molecule has 0 aliphatic rings. The number of nitrogens with one attached hydrogen (secondary N) is 1. The third-order valence-corrected chi connectivity index (χ3v) is 3.74. The monoisotopic (exact) mass is 361 g/mol. The molecule has 8 heteroatoms. The first-order valence-corrected chi connectivity index (χ1v) is 8.10. The number of nitrogens with zero attached hydrogens (tertiary/aromatic N) is 2. The van der Waals surface area contributed by atoms with E-state index in [1.807, 2.05) is 12.1 Å². The van der Waals surface area contributed by atoms with Crippen LogP contribution in [0.5, 0.6) is 11.5 Å². The highest BCUT2D eigenvalue weighted by Crippen LogP contribution is 2.23. The number of carbonyl (C=O) groups excluding carboxylic acids is 2. The number of methoxy groups -OCH3 is 2. The minimum atomic E-state index is -0.336. The molecule has 140 valence electrons. The van der Waals surface area contributed by atoms with E-state index in [0.29, 0.717) is 29.5 Å². The highest BCUT2D eigenvalue weighted by molar-refractivity contribution is 5.93. The Bertz CT molecular complexity index is 750. The zero-order valence-electron chi connectivity index (χ0n) is 15.4. The van der Waals surface area contributed by atoms with Crippen LogP contribution in [-0.2, 0) is 16.0 Å². The van der Waals surface area contributed by atoms with Gasteiger partial charge in [0.25, 0.3) is 0 Å². The van der Waals surface area contributed by atoms with Crippen molar-refractivity contribution in [3.63, 3.8) is 0 Å². The number of anilines is 1. The molecule has 0 aliphatic heterocycles. The lowest BCUT2D eigenvalue weighted by Gasteiger charge is -2.16. The van der Waals surface area contributed by atoms with E-state index in [0.717, 1.165) is 5.56 Å². The van der Waals surface area contributed by atoms with Crippen LogP contribution < -0.4 is 14.8 Å². The van der Waals surface area contributed by atoms with Crippen molar-refractivity contribution >= 4 is 17.6 Å². The van der Waals surface area contributed by atoms with Crippen LogP contribution in [0.2, 0.25) is 0 Å². The van der Waals surface area contributed by atoms with E-state index in [-0.39, 0.29) is 24.8 Å². The molecule has 0 bridgehead atoms. The fourth-order valence-corrected chi connectivity index (χ4v) is 2.36. The maximum atomic E-state index is 12.3. The van der Waals surface area contributed by atoms with Gasteiger partial charge in [-0.1, -0.05) is 5.16 Å². The van der Waals surface area contributed by atoms with Gasteiger partial charge in [-0.25, -0.2) is 0 Å². The van der Waals surface area contributed by atoms with E-state index in [9.17, 15) is 9.59 Å². The van der Waals surface area contributed by atoms with E-state index >= 15 is 0 Å². The SMILES string of the molecule is COc1cc(CCC(=O)N(C)CC(=O)Nc2cc(C)on2)cc(OC)c1. The number of likely N-dealkylation sites (N-methyl/N-ethyl adjacent to an activating group) is 1. The van der Waals surface area contributed by atoms with Crippen LogP contribution in [0.15, 0.2) is 28.8 Å². The van der Waals surface area contributed by atoms with E-state index in [1.165, 1.54) is 4.90 Å². The summed E-state index contributed by atoms with van der Waals surface area (Å²) in [4.78, 5) is 25.6. The van der Waals surface area contributed by atoms with Crippen molar-refractivity contribution in [3.8, 4) is 11.5 Å². The van der Waals surface area contributed by atoms with Gasteiger partial charge in [0.1, 0.15) is 17.3 Å². The number of ether oxygens (including phenoxy) is 2. The van der Waals surface area contributed by atoms with Gasteiger partial charge in [-0.15, -0.1) is 0 Å². The highest BCUT2D eigenvalue weighted by atomic mass is 16.5.